The van der Waals surface area contributed by atoms with Crippen molar-refractivity contribution in [2.75, 3.05) is 0 Å². The Morgan fingerprint density at radius 1 is 1.08 bits per heavy atom. The molecule has 0 aliphatic heterocycles. The molecule has 0 atom stereocenters. The number of benzene rings is 1. The van der Waals surface area contributed by atoms with Crippen molar-refractivity contribution in [2.45, 2.75) is 19.8 Å². The lowest BCUT2D eigenvalue weighted by Gasteiger charge is -1.99. The first-order chi connectivity index (χ1) is 11.7. The van der Waals surface area contributed by atoms with E-state index in [1.54, 1.807) is 0 Å². The zero-order valence-electron chi connectivity index (χ0n) is 13.0. The van der Waals surface area contributed by atoms with Crippen LogP contribution >= 0.6 is 11.6 Å². The Hall–Kier alpha value is -2.73. The summed E-state index contributed by atoms with van der Waals surface area (Å²) in [5.41, 5.74) is 2.74. The molecule has 0 radical (unpaired) electrons. The molecule has 0 saturated heterocycles. The average molecular weight is 340 g/mol. The number of rotatable bonds is 4. The van der Waals surface area contributed by atoms with Crippen molar-refractivity contribution in [3.05, 3.63) is 64.9 Å². The minimum atomic E-state index is 0.552. The van der Waals surface area contributed by atoms with Crippen LogP contribution < -0.4 is 0 Å². The zero-order valence-corrected chi connectivity index (χ0v) is 13.7. The molecule has 0 unspecified atom stereocenters. The second kappa shape index (κ2) is 6.05. The van der Waals surface area contributed by atoms with Crippen LogP contribution in [0.1, 0.15) is 24.2 Å². The van der Waals surface area contributed by atoms with Gasteiger partial charge in [-0.1, -0.05) is 35.8 Å². The summed E-state index contributed by atoms with van der Waals surface area (Å²) in [7, 11) is 0. The van der Waals surface area contributed by atoms with Crippen LogP contribution in [0.15, 0.2) is 47.1 Å². The van der Waals surface area contributed by atoms with Crippen LogP contribution in [0.3, 0.4) is 0 Å². The van der Waals surface area contributed by atoms with Gasteiger partial charge in [0.2, 0.25) is 11.7 Å². The van der Waals surface area contributed by atoms with E-state index in [2.05, 4.69) is 20.3 Å². The third kappa shape index (κ3) is 2.76. The molecule has 0 bridgehead atoms. The van der Waals surface area contributed by atoms with Crippen molar-refractivity contribution in [3.63, 3.8) is 0 Å². The molecule has 3 heterocycles. The molecule has 24 heavy (non-hydrogen) atoms. The topological polar surface area (TPSA) is 69.1 Å². The maximum Gasteiger partial charge on any atom is 0.231 e. The molecule has 3 aromatic heterocycles. The van der Waals surface area contributed by atoms with E-state index < -0.39 is 0 Å². The molecule has 0 aliphatic rings. The lowest BCUT2D eigenvalue weighted by molar-refractivity contribution is 0.385. The quantitative estimate of drug-likeness (QED) is 0.568. The lowest BCUT2D eigenvalue weighted by atomic mass is 10.1. The van der Waals surface area contributed by atoms with Gasteiger partial charge in [-0.3, -0.25) is 4.40 Å². The minimum absolute atomic E-state index is 0.552. The Morgan fingerprint density at radius 2 is 1.92 bits per heavy atom. The molecule has 1 aromatic carbocycles. The number of aryl methyl sites for hydroxylation is 1. The largest absolute Gasteiger partial charge is 0.339 e. The van der Waals surface area contributed by atoms with Crippen LogP contribution in [-0.4, -0.2) is 24.7 Å². The summed E-state index contributed by atoms with van der Waals surface area (Å²) >= 11 is 5.90. The van der Waals surface area contributed by atoms with Gasteiger partial charge in [0, 0.05) is 23.2 Å². The van der Waals surface area contributed by atoms with Crippen molar-refractivity contribution >= 4 is 17.2 Å². The molecule has 7 heteroatoms. The highest BCUT2D eigenvalue weighted by Gasteiger charge is 2.11. The highest BCUT2D eigenvalue weighted by molar-refractivity contribution is 6.30. The first-order valence-corrected chi connectivity index (χ1v) is 8.02. The van der Waals surface area contributed by atoms with Gasteiger partial charge in [-0.25, -0.2) is 0 Å². The van der Waals surface area contributed by atoms with E-state index in [1.807, 2.05) is 53.9 Å². The van der Waals surface area contributed by atoms with Gasteiger partial charge in [0.1, 0.15) is 5.82 Å². The second-order valence-electron chi connectivity index (χ2n) is 5.43. The molecule has 6 nitrogen and oxygen atoms in total. The summed E-state index contributed by atoms with van der Waals surface area (Å²) in [6.45, 7) is 2.04. The highest BCUT2D eigenvalue weighted by Crippen LogP contribution is 2.19. The van der Waals surface area contributed by atoms with Crippen molar-refractivity contribution in [3.8, 4) is 11.4 Å². The zero-order chi connectivity index (χ0) is 16.5. The van der Waals surface area contributed by atoms with Crippen LogP contribution in [0.25, 0.3) is 17.0 Å². The van der Waals surface area contributed by atoms with Gasteiger partial charge in [0.05, 0.1) is 6.42 Å². The molecule has 0 N–H and O–H groups in total. The third-order valence-electron chi connectivity index (χ3n) is 3.78. The van der Waals surface area contributed by atoms with Gasteiger partial charge < -0.3 is 4.52 Å². The van der Waals surface area contributed by atoms with Crippen molar-refractivity contribution in [1.29, 1.82) is 0 Å². The second-order valence-corrected chi connectivity index (χ2v) is 5.87. The number of pyridine rings is 1. The number of nitrogens with zero attached hydrogens (tertiary/aromatic N) is 5. The van der Waals surface area contributed by atoms with Gasteiger partial charge in [0.15, 0.2) is 5.65 Å². The van der Waals surface area contributed by atoms with E-state index in [0.717, 1.165) is 29.0 Å². The first kappa shape index (κ1) is 14.8. The predicted octanol–water partition coefficient (Wildman–Crippen LogP) is 3.59. The molecule has 4 aromatic rings. The Labute approximate surface area is 143 Å². The molecule has 0 amide bonds. The number of hydrogen-bond acceptors (Lipinski definition) is 5. The van der Waals surface area contributed by atoms with Gasteiger partial charge >= 0.3 is 0 Å². The van der Waals surface area contributed by atoms with Gasteiger partial charge in [-0.05, 0) is 29.8 Å². The summed E-state index contributed by atoms with van der Waals surface area (Å²) < 4.78 is 7.32. The molecule has 120 valence electrons. The monoisotopic (exact) mass is 339 g/mol. The van der Waals surface area contributed by atoms with Crippen molar-refractivity contribution in [2.24, 2.45) is 0 Å². The number of fused-ring (bicyclic) bond motifs is 1. The van der Waals surface area contributed by atoms with E-state index in [4.69, 9.17) is 16.1 Å². The van der Waals surface area contributed by atoms with Crippen LogP contribution in [0.4, 0.5) is 0 Å². The molecular weight excluding hydrogens is 326 g/mol. The summed E-state index contributed by atoms with van der Waals surface area (Å²) in [4.78, 5) is 4.48. The van der Waals surface area contributed by atoms with Crippen LogP contribution in [0, 0.1) is 0 Å². The fourth-order valence-corrected chi connectivity index (χ4v) is 2.66. The van der Waals surface area contributed by atoms with Crippen molar-refractivity contribution < 1.29 is 4.52 Å². The summed E-state index contributed by atoms with van der Waals surface area (Å²) in [5, 5.41) is 13.1. The Morgan fingerprint density at radius 3 is 2.71 bits per heavy atom. The van der Waals surface area contributed by atoms with Crippen molar-refractivity contribution in [1.82, 2.24) is 24.7 Å². The van der Waals surface area contributed by atoms with E-state index >= 15 is 0 Å². The van der Waals surface area contributed by atoms with E-state index in [-0.39, 0.29) is 0 Å². The number of halogens is 1. The molecule has 0 aliphatic carbocycles. The fraction of sp³-hybridized carbons (Fsp3) is 0.176. The standard InChI is InChI=1S/C17H14ClN5O/c1-2-14-20-21-15-8-5-12(10-23(14)15)17-19-16(24-22-17)9-11-3-6-13(18)7-4-11/h3-8,10H,2,9H2,1H3. The number of hydrogen-bond donors (Lipinski definition) is 0. The Balaban J connectivity index is 1.63. The maximum absolute atomic E-state index is 5.90. The third-order valence-corrected chi connectivity index (χ3v) is 4.04. The SMILES string of the molecule is CCc1nnc2ccc(-c3noc(Cc4ccc(Cl)cc4)n3)cn12. The molecule has 0 fully saturated rings. The molecule has 0 saturated carbocycles. The lowest BCUT2D eigenvalue weighted by Crippen LogP contribution is -1.94. The maximum atomic E-state index is 5.90. The van der Waals surface area contributed by atoms with Crippen LogP contribution in [0.5, 0.6) is 0 Å². The average Bonchev–Trinajstić information content (AvgIpc) is 3.23. The molecular formula is C17H14ClN5O. The summed E-state index contributed by atoms with van der Waals surface area (Å²) in [5.74, 6) is 2.01. The van der Waals surface area contributed by atoms with E-state index in [0.29, 0.717) is 23.2 Å². The van der Waals surface area contributed by atoms with Gasteiger partial charge in [-0.2, -0.15) is 4.98 Å². The minimum Gasteiger partial charge on any atom is -0.339 e. The molecule has 4 rings (SSSR count). The Kier molecular flexibility index (Phi) is 3.74. The van der Waals surface area contributed by atoms with Crippen LogP contribution in [-0.2, 0) is 12.8 Å². The number of aromatic nitrogens is 5. The summed E-state index contributed by atoms with van der Waals surface area (Å²) in [6.07, 6.45) is 3.31. The van der Waals surface area contributed by atoms with E-state index in [9.17, 15) is 0 Å². The summed E-state index contributed by atoms with van der Waals surface area (Å²) in [6, 6.07) is 11.4. The van der Waals surface area contributed by atoms with Crippen LogP contribution in [0.2, 0.25) is 5.02 Å². The van der Waals surface area contributed by atoms with Gasteiger partial charge in [0.25, 0.3) is 0 Å². The van der Waals surface area contributed by atoms with E-state index in [1.165, 1.54) is 0 Å². The fourth-order valence-electron chi connectivity index (χ4n) is 2.53. The first-order valence-electron chi connectivity index (χ1n) is 7.64. The van der Waals surface area contributed by atoms with Gasteiger partial charge in [-0.15, -0.1) is 10.2 Å². The normalized spacial score (nSPS) is 11.2. The smallest absolute Gasteiger partial charge is 0.231 e. The predicted molar refractivity (Wildman–Crippen MR) is 89.9 cm³/mol. The highest BCUT2D eigenvalue weighted by atomic mass is 35.5. The Bertz CT molecular complexity index is 990. The molecule has 0 spiro atoms.